The molecule has 0 fully saturated rings. The van der Waals surface area contributed by atoms with Gasteiger partial charge in [0.15, 0.2) is 0 Å². The Balaban J connectivity index is 0.000000612. The summed E-state index contributed by atoms with van der Waals surface area (Å²) in [6.45, 7) is 8.59. The monoisotopic (exact) mass is 269 g/mol. The summed E-state index contributed by atoms with van der Waals surface area (Å²) in [5, 5.41) is 0. The van der Waals surface area contributed by atoms with E-state index in [-0.39, 0.29) is 0 Å². The van der Waals surface area contributed by atoms with Gasteiger partial charge in [0.05, 0.1) is 0 Å². The number of rotatable bonds is 4. The second kappa shape index (κ2) is 9.30. The first-order valence-electron chi connectivity index (χ1n) is 7.62. The summed E-state index contributed by atoms with van der Waals surface area (Å²) in [6.07, 6.45) is 8.48. The lowest BCUT2D eigenvalue weighted by atomic mass is 10.0. The Hall–Kier alpha value is -1.63. The molecule has 0 N–H and O–H groups in total. The Kier molecular flexibility index (Phi) is 7.64. The van der Waals surface area contributed by atoms with Gasteiger partial charge in [0, 0.05) is 12.4 Å². The lowest BCUT2D eigenvalue weighted by molar-refractivity contribution is 0.816. The van der Waals surface area contributed by atoms with Crippen LogP contribution in [0.25, 0.3) is 0 Å². The fraction of sp³-hybridized carbons (Fsp3) is 0.421. The molecule has 2 aromatic rings. The van der Waals surface area contributed by atoms with E-state index in [1.165, 1.54) is 35.1 Å². The van der Waals surface area contributed by atoms with E-state index in [1.807, 2.05) is 18.5 Å². The van der Waals surface area contributed by atoms with Crippen LogP contribution in [0.15, 0.2) is 42.7 Å². The third-order valence-corrected chi connectivity index (χ3v) is 3.23. The summed E-state index contributed by atoms with van der Waals surface area (Å²) in [7, 11) is 0. The summed E-state index contributed by atoms with van der Waals surface area (Å²) in [6, 6.07) is 10.9. The molecule has 0 saturated heterocycles. The highest BCUT2D eigenvalue weighted by atomic mass is 14.6. The van der Waals surface area contributed by atoms with Crippen LogP contribution < -0.4 is 0 Å². The van der Waals surface area contributed by atoms with Crippen molar-refractivity contribution in [2.24, 2.45) is 0 Å². The lowest BCUT2D eigenvalue weighted by Crippen LogP contribution is -1.92. The molecule has 0 spiro atoms. The number of benzene rings is 1. The summed E-state index contributed by atoms with van der Waals surface area (Å²) in [4.78, 5) is 4.14. The van der Waals surface area contributed by atoms with Crippen molar-refractivity contribution in [2.75, 3.05) is 0 Å². The van der Waals surface area contributed by atoms with Crippen LogP contribution in [0, 0.1) is 13.8 Å². The van der Waals surface area contributed by atoms with E-state index in [9.17, 15) is 0 Å². The average Bonchev–Trinajstić information content (AvgIpc) is 2.45. The van der Waals surface area contributed by atoms with Crippen LogP contribution in [-0.4, -0.2) is 4.98 Å². The zero-order valence-electron chi connectivity index (χ0n) is 13.3. The van der Waals surface area contributed by atoms with Gasteiger partial charge in [-0.3, -0.25) is 4.98 Å². The number of hydrogen-bond donors (Lipinski definition) is 0. The highest BCUT2D eigenvalue weighted by Gasteiger charge is 1.98. The molecule has 0 radical (unpaired) electrons. The molecule has 1 nitrogen and oxygen atoms in total. The summed E-state index contributed by atoms with van der Waals surface area (Å²) < 4.78 is 0. The molecular weight excluding hydrogens is 242 g/mol. The van der Waals surface area contributed by atoms with Crippen LogP contribution in [-0.2, 0) is 12.8 Å². The standard InChI is InChI=1S/C16H19N.C3H8/c1-13-8-9-15(11-14(13)2)5-3-6-16-7-4-10-17-12-16;1-3-2/h4,7-12H,3,5-6H2,1-2H3;3H2,1-2H3. The molecule has 0 aliphatic carbocycles. The van der Waals surface area contributed by atoms with E-state index in [2.05, 4.69) is 56.9 Å². The first-order valence-corrected chi connectivity index (χ1v) is 7.62. The van der Waals surface area contributed by atoms with Gasteiger partial charge in [-0.2, -0.15) is 0 Å². The molecule has 0 aliphatic rings. The van der Waals surface area contributed by atoms with Gasteiger partial charge in [-0.15, -0.1) is 0 Å². The van der Waals surface area contributed by atoms with E-state index in [0.717, 1.165) is 12.8 Å². The van der Waals surface area contributed by atoms with Gasteiger partial charge in [-0.05, 0) is 61.4 Å². The van der Waals surface area contributed by atoms with Crippen LogP contribution in [0.2, 0.25) is 0 Å². The van der Waals surface area contributed by atoms with Crippen molar-refractivity contribution in [1.82, 2.24) is 4.98 Å². The Morgan fingerprint density at radius 2 is 1.60 bits per heavy atom. The van der Waals surface area contributed by atoms with Crippen molar-refractivity contribution >= 4 is 0 Å². The third-order valence-electron chi connectivity index (χ3n) is 3.23. The normalized spacial score (nSPS) is 9.80. The van der Waals surface area contributed by atoms with Gasteiger partial charge in [0.2, 0.25) is 0 Å². The molecule has 1 aromatic heterocycles. The fourth-order valence-corrected chi connectivity index (χ4v) is 2.00. The van der Waals surface area contributed by atoms with Crippen molar-refractivity contribution in [1.29, 1.82) is 0 Å². The van der Waals surface area contributed by atoms with E-state index in [4.69, 9.17) is 0 Å². The molecule has 0 unspecified atom stereocenters. The minimum atomic E-state index is 1.11. The average molecular weight is 269 g/mol. The van der Waals surface area contributed by atoms with Crippen LogP contribution >= 0.6 is 0 Å². The Morgan fingerprint density at radius 1 is 0.900 bits per heavy atom. The molecule has 0 bridgehead atoms. The van der Waals surface area contributed by atoms with Crippen LogP contribution in [0.4, 0.5) is 0 Å². The number of nitrogens with zero attached hydrogens (tertiary/aromatic N) is 1. The first kappa shape index (κ1) is 16.4. The van der Waals surface area contributed by atoms with E-state index in [0.29, 0.717) is 0 Å². The summed E-state index contributed by atoms with van der Waals surface area (Å²) >= 11 is 0. The van der Waals surface area contributed by atoms with Gasteiger partial charge >= 0.3 is 0 Å². The molecule has 1 aromatic carbocycles. The Labute approximate surface area is 124 Å². The van der Waals surface area contributed by atoms with Crippen LogP contribution in [0.5, 0.6) is 0 Å². The minimum Gasteiger partial charge on any atom is -0.264 e. The molecule has 1 heteroatoms. The second-order valence-electron chi connectivity index (χ2n) is 5.34. The van der Waals surface area contributed by atoms with Crippen LogP contribution in [0.3, 0.4) is 0 Å². The highest BCUT2D eigenvalue weighted by Crippen LogP contribution is 2.12. The first-order chi connectivity index (χ1) is 9.67. The zero-order chi connectivity index (χ0) is 14.8. The largest absolute Gasteiger partial charge is 0.264 e. The highest BCUT2D eigenvalue weighted by molar-refractivity contribution is 5.30. The molecule has 20 heavy (non-hydrogen) atoms. The van der Waals surface area contributed by atoms with Crippen LogP contribution in [0.1, 0.15) is 48.9 Å². The minimum absolute atomic E-state index is 1.11. The molecule has 108 valence electrons. The van der Waals surface area contributed by atoms with Crippen molar-refractivity contribution in [3.8, 4) is 0 Å². The van der Waals surface area contributed by atoms with E-state index in [1.54, 1.807) is 0 Å². The van der Waals surface area contributed by atoms with Crippen molar-refractivity contribution in [2.45, 2.75) is 53.4 Å². The van der Waals surface area contributed by atoms with Crippen molar-refractivity contribution < 1.29 is 0 Å². The maximum absolute atomic E-state index is 4.14. The molecular formula is C19H27N. The maximum atomic E-state index is 4.14. The van der Waals surface area contributed by atoms with Gasteiger partial charge in [0.25, 0.3) is 0 Å². The fourth-order valence-electron chi connectivity index (χ4n) is 2.00. The predicted molar refractivity (Wildman–Crippen MR) is 88.1 cm³/mol. The second-order valence-corrected chi connectivity index (χ2v) is 5.34. The van der Waals surface area contributed by atoms with Crippen molar-refractivity contribution in [3.63, 3.8) is 0 Å². The topological polar surface area (TPSA) is 12.9 Å². The predicted octanol–water partition coefficient (Wildman–Crippen LogP) is 5.29. The molecule has 2 rings (SSSR count). The van der Waals surface area contributed by atoms with Gasteiger partial charge in [-0.1, -0.05) is 44.5 Å². The lowest BCUT2D eigenvalue weighted by Gasteiger charge is -2.05. The Morgan fingerprint density at radius 3 is 2.20 bits per heavy atom. The quantitative estimate of drug-likeness (QED) is 0.735. The summed E-state index contributed by atoms with van der Waals surface area (Å²) in [5.41, 5.74) is 5.54. The number of aryl methyl sites for hydroxylation is 4. The Bertz CT molecular complexity index is 488. The smallest absolute Gasteiger partial charge is 0.0299 e. The molecule has 0 atom stereocenters. The number of aromatic nitrogens is 1. The van der Waals surface area contributed by atoms with E-state index >= 15 is 0 Å². The van der Waals surface area contributed by atoms with Gasteiger partial charge in [-0.25, -0.2) is 0 Å². The molecule has 0 aliphatic heterocycles. The van der Waals surface area contributed by atoms with Crippen molar-refractivity contribution in [3.05, 3.63) is 65.0 Å². The SMILES string of the molecule is CCC.Cc1ccc(CCCc2cccnc2)cc1C. The zero-order valence-corrected chi connectivity index (χ0v) is 13.3. The molecule has 0 saturated carbocycles. The van der Waals surface area contributed by atoms with Gasteiger partial charge < -0.3 is 0 Å². The third kappa shape index (κ3) is 6.01. The van der Waals surface area contributed by atoms with Gasteiger partial charge in [0.1, 0.15) is 0 Å². The summed E-state index contributed by atoms with van der Waals surface area (Å²) in [5.74, 6) is 0. The van der Waals surface area contributed by atoms with E-state index < -0.39 is 0 Å². The molecule has 0 amide bonds. The molecule has 1 heterocycles. The number of pyridine rings is 1. The maximum Gasteiger partial charge on any atom is 0.0299 e. The number of hydrogen-bond acceptors (Lipinski definition) is 1.